The van der Waals surface area contributed by atoms with Crippen molar-refractivity contribution in [2.75, 3.05) is 19.6 Å². The fourth-order valence-electron chi connectivity index (χ4n) is 2.56. The molecule has 1 heterocycles. The molecule has 2 amide bonds. The molecule has 1 aliphatic heterocycles. The Labute approximate surface area is 131 Å². The molecular weight excluding hydrogens is 309 g/mol. The van der Waals surface area contributed by atoms with Gasteiger partial charge in [-0.05, 0) is 12.8 Å². The van der Waals surface area contributed by atoms with Crippen LogP contribution in [-0.4, -0.2) is 36.3 Å². The molecule has 0 aromatic heterocycles. The minimum absolute atomic E-state index is 0.101. The third kappa shape index (κ3) is 3.83. The fraction of sp³-hybridized carbons (Fsp3) is 0.375. The number of Topliss-reactive ketones (excluding diaryl/α,β-unsaturated/α-hetero) is 1. The monoisotopic (exact) mass is 324 g/mol. The number of hydrogen-bond donors (Lipinski definition) is 1. The van der Waals surface area contributed by atoms with Crippen LogP contribution >= 0.6 is 0 Å². The van der Waals surface area contributed by atoms with Gasteiger partial charge in [-0.15, -0.1) is 6.42 Å². The quantitative estimate of drug-likeness (QED) is 0.685. The van der Waals surface area contributed by atoms with E-state index in [4.69, 9.17) is 6.42 Å². The van der Waals surface area contributed by atoms with E-state index in [0.29, 0.717) is 12.1 Å². The van der Waals surface area contributed by atoms with Gasteiger partial charge in [0.25, 0.3) is 0 Å². The summed E-state index contributed by atoms with van der Waals surface area (Å²) in [6.45, 7) is 0.651. The van der Waals surface area contributed by atoms with Crippen LogP contribution in [0.5, 0.6) is 0 Å². The lowest BCUT2D eigenvalue weighted by Gasteiger charge is -2.31. The summed E-state index contributed by atoms with van der Waals surface area (Å²) in [6.07, 6.45) is 5.60. The summed E-state index contributed by atoms with van der Waals surface area (Å²) in [5.74, 6) is -2.52. The van der Waals surface area contributed by atoms with Gasteiger partial charge in [0, 0.05) is 31.1 Å². The number of nitrogens with zero attached hydrogens (tertiary/aromatic N) is 1. The number of benzene rings is 1. The van der Waals surface area contributed by atoms with Crippen LogP contribution < -0.4 is 5.32 Å². The van der Waals surface area contributed by atoms with Crippen LogP contribution in [0.25, 0.3) is 0 Å². The highest BCUT2D eigenvalue weighted by Crippen LogP contribution is 2.25. The highest BCUT2D eigenvalue weighted by atomic mass is 19.1. The summed E-state index contributed by atoms with van der Waals surface area (Å²) in [6, 6.07) is 0.630. The zero-order valence-electron chi connectivity index (χ0n) is 12.2. The van der Waals surface area contributed by atoms with Crippen LogP contribution in [0.2, 0.25) is 0 Å². The lowest BCUT2D eigenvalue weighted by molar-refractivity contribution is 0.0846. The number of ketones is 1. The molecule has 0 bridgehead atoms. The maximum atomic E-state index is 13.7. The average molecular weight is 324 g/mol. The lowest BCUT2D eigenvalue weighted by atomic mass is 9.88. The standard InChI is InChI=1S/C16H15F3N2O2/c1-2-5-20-16(23)21-6-3-10(4-7-21)15(22)14-12(18)8-11(17)9-13(14)19/h1,8-10H,3-7H2,(H,20,23). The Morgan fingerprint density at radius 1 is 1.22 bits per heavy atom. The van der Waals surface area contributed by atoms with Crippen molar-refractivity contribution in [3.63, 3.8) is 0 Å². The van der Waals surface area contributed by atoms with E-state index in [1.807, 2.05) is 0 Å². The van der Waals surface area contributed by atoms with Crippen LogP contribution in [0.15, 0.2) is 12.1 Å². The van der Waals surface area contributed by atoms with Crippen molar-refractivity contribution in [2.24, 2.45) is 5.92 Å². The Kier molecular flexibility index (Phi) is 5.27. The summed E-state index contributed by atoms with van der Waals surface area (Å²) in [5, 5.41) is 2.51. The predicted octanol–water partition coefficient (Wildman–Crippen LogP) is 2.34. The number of nitrogens with one attached hydrogen (secondary N) is 1. The lowest BCUT2D eigenvalue weighted by Crippen LogP contribution is -2.45. The van der Waals surface area contributed by atoms with E-state index in [2.05, 4.69) is 11.2 Å². The Morgan fingerprint density at radius 2 is 1.78 bits per heavy atom. The number of piperidine rings is 1. The maximum absolute atomic E-state index is 13.7. The van der Waals surface area contributed by atoms with E-state index in [1.165, 1.54) is 4.90 Å². The van der Waals surface area contributed by atoms with Crippen LogP contribution in [0.4, 0.5) is 18.0 Å². The number of hydrogen-bond acceptors (Lipinski definition) is 2. The molecule has 1 N–H and O–H groups in total. The van der Waals surface area contributed by atoms with Crippen LogP contribution in [0.3, 0.4) is 0 Å². The molecule has 2 rings (SSSR count). The first-order valence-electron chi connectivity index (χ1n) is 7.09. The van der Waals surface area contributed by atoms with Gasteiger partial charge in [0.1, 0.15) is 17.5 Å². The highest BCUT2D eigenvalue weighted by molar-refractivity contribution is 5.98. The largest absolute Gasteiger partial charge is 0.327 e. The van der Waals surface area contributed by atoms with E-state index in [-0.39, 0.29) is 38.5 Å². The molecule has 0 aliphatic carbocycles. The molecule has 1 aromatic rings. The topological polar surface area (TPSA) is 49.4 Å². The Hall–Kier alpha value is -2.49. The molecule has 0 atom stereocenters. The molecule has 0 unspecified atom stereocenters. The summed E-state index contributed by atoms with van der Waals surface area (Å²) in [4.78, 5) is 25.5. The first kappa shape index (κ1) is 16.9. The SMILES string of the molecule is C#CCNC(=O)N1CCC(C(=O)c2c(F)cc(F)cc2F)CC1. The molecule has 1 aromatic carbocycles. The van der Waals surface area contributed by atoms with Crippen molar-refractivity contribution in [3.8, 4) is 12.3 Å². The number of carbonyl (C=O) groups is 2. The zero-order valence-corrected chi connectivity index (χ0v) is 12.2. The first-order chi connectivity index (χ1) is 10.9. The second kappa shape index (κ2) is 7.18. The molecule has 7 heteroatoms. The van der Waals surface area contributed by atoms with Crippen molar-refractivity contribution in [1.82, 2.24) is 10.2 Å². The number of rotatable bonds is 3. The maximum Gasteiger partial charge on any atom is 0.318 e. The average Bonchev–Trinajstić information content (AvgIpc) is 2.51. The Balaban J connectivity index is 2.02. The molecule has 0 saturated carbocycles. The summed E-state index contributed by atoms with van der Waals surface area (Å²) in [5.41, 5.74) is -0.721. The Bertz CT molecular complexity index is 639. The molecule has 1 saturated heterocycles. The van der Waals surface area contributed by atoms with Crippen molar-refractivity contribution < 1.29 is 22.8 Å². The summed E-state index contributed by atoms with van der Waals surface area (Å²) >= 11 is 0. The number of carbonyl (C=O) groups excluding carboxylic acids is 2. The van der Waals surface area contributed by atoms with Gasteiger partial charge >= 0.3 is 6.03 Å². The highest BCUT2D eigenvalue weighted by Gasteiger charge is 2.31. The third-order valence-corrected chi connectivity index (χ3v) is 3.75. The van der Waals surface area contributed by atoms with E-state index >= 15 is 0 Å². The smallest absolute Gasteiger partial charge is 0.318 e. The van der Waals surface area contributed by atoms with Gasteiger partial charge in [-0.3, -0.25) is 4.79 Å². The normalized spacial score (nSPS) is 15.1. The van der Waals surface area contributed by atoms with E-state index in [0.717, 1.165) is 0 Å². The van der Waals surface area contributed by atoms with Crippen LogP contribution in [-0.2, 0) is 0 Å². The number of amides is 2. The molecular formula is C16H15F3N2O2. The van der Waals surface area contributed by atoms with Crippen LogP contribution in [0.1, 0.15) is 23.2 Å². The van der Waals surface area contributed by atoms with Crippen molar-refractivity contribution in [1.29, 1.82) is 0 Å². The molecule has 0 spiro atoms. The van der Waals surface area contributed by atoms with Gasteiger partial charge in [0.2, 0.25) is 0 Å². The first-order valence-corrected chi connectivity index (χ1v) is 7.09. The van der Waals surface area contributed by atoms with Gasteiger partial charge in [0.05, 0.1) is 12.1 Å². The van der Waals surface area contributed by atoms with E-state index in [9.17, 15) is 22.8 Å². The zero-order chi connectivity index (χ0) is 17.0. The summed E-state index contributed by atoms with van der Waals surface area (Å²) in [7, 11) is 0. The van der Waals surface area contributed by atoms with Crippen molar-refractivity contribution >= 4 is 11.8 Å². The summed E-state index contributed by atoms with van der Waals surface area (Å²) < 4.78 is 40.2. The molecule has 1 fully saturated rings. The minimum Gasteiger partial charge on any atom is -0.327 e. The number of halogens is 3. The Morgan fingerprint density at radius 3 is 2.30 bits per heavy atom. The van der Waals surface area contributed by atoms with Gasteiger partial charge < -0.3 is 10.2 Å². The van der Waals surface area contributed by atoms with Crippen molar-refractivity contribution in [3.05, 3.63) is 35.1 Å². The van der Waals surface area contributed by atoms with Crippen molar-refractivity contribution in [2.45, 2.75) is 12.8 Å². The predicted molar refractivity (Wildman–Crippen MR) is 77.2 cm³/mol. The molecule has 1 aliphatic rings. The van der Waals surface area contributed by atoms with E-state index in [1.54, 1.807) is 0 Å². The fourth-order valence-corrected chi connectivity index (χ4v) is 2.56. The number of terminal acetylenes is 1. The number of urea groups is 1. The number of likely N-dealkylation sites (tertiary alicyclic amines) is 1. The van der Waals surface area contributed by atoms with Gasteiger partial charge in [-0.25, -0.2) is 18.0 Å². The van der Waals surface area contributed by atoms with E-state index < -0.39 is 34.7 Å². The van der Waals surface area contributed by atoms with Gasteiger partial charge in [-0.1, -0.05) is 5.92 Å². The second-order valence-electron chi connectivity index (χ2n) is 5.23. The minimum atomic E-state index is -1.21. The molecule has 4 nitrogen and oxygen atoms in total. The van der Waals surface area contributed by atoms with Crippen LogP contribution in [0, 0.1) is 35.7 Å². The third-order valence-electron chi connectivity index (χ3n) is 3.75. The second-order valence-corrected chi connectivity index (χ2v) is 5.23. The van der Waals surface area contributed by atoms with Gasteiger partial charge in [-0.2, -0.15) is 0 Å². The van der Waals surface area contributed by atoms with Gasteiger partial charge in [0.15, 0.2) is 5.78 Å². The molecule has 0 radical (unpaired) electrons. The molecule has 122 valence electrons. The molecule has 23 heavy (non-hydrogen) atoms.